The van der Waals surface area contributed by atoms with Crippen molar-refractivity contribution >= 4 is 16.6 Å². The first-order chi connectivity index (χ1) is 14.1. The molecule has 0 aliphatic carbocycles. The predicted molar refractivity (Wildman–Crippen MR) is 122 cm³/mol. The van der Waals surface area contributed by atoms with Crippen LogP contribution in [0.4, 0.5) is 0 Å². The number of allylic oxidation sites excluding steroid dienone is 1. The monoisotopic (exact) mass is 394 g/mol. The van der Waals surface area contributed by atoms with Crippen LogP contribution in [0.15, 0.2) is 36.9 Å². The standard InChI is InChI=1S/C21H28N6.C2H6/c1-16(5-4-6-27-9-7-25(2)8-10-27)17-11-19-20(14-23-21(19)22-12-17)18-13-24-26(3)15-18;1-2/h5,11-15H,4,6-10H2,1-3H3,(H,22,23);1-2H3/b16-5+;. The van der Waals surface area contributed by atoms with Gasteiger partial charge in [-0.2, -0.15) is 5.10 Å². The van der Waals surface area contributed by atoms with Crippen molar-refractivity contribution in [2.75, 3.05) is 39.8 Å². The molecule has 29 heavy (non-hydrogen) atoms. The van der Waals surface area contributed by atoms with Crippen LogP contribution in [0.25, 0.3) is 27.7 Å². The molecule has 1 aliphatic rings. The van der Waals surface area contributed by atoms with Crippen molar-refractivity contribution in [3.05, 3.63) is 42.5 Å². The number of H-pyrrole nitrogens is 1. The number of fused-ring (bicyclic) bond motifs is 1. The zero-order valence-electron chi connectivity index (χ0n) is 18.4. The van der Waals surface area contributed by atoms with E-state index in [9.17, 15) is 0 Å². The van der Waals surface area contributed by atoms with E-state index < -0.39 is 0 Å². The van der Waals surface area contributed by atoms with E-state index in [1.54, 1.807) is 0 Å². The van der Waals surface area contributed by atoms with Crippen molar-refractivity contribution in [3.8, 4) is 11.1 Å². The number of aromatic nitrogens is 4. The highest BCUT2D eigenvalue weighted by Crippen LogP contribution is 2.29. The van der Waals surface area contributed by atoms with Gasteiger partial charge in [-0.05, 0) is 37.6 Å². The number of rotatable bonds is 5. The topological polar surface area (TPSA) is 53.0 Å². The predicted octanol–water partition coefficient (Wildman–Crippen LogP) is 4.03. The molecule has 1 N–H and O–H groups in total. The van der Waals surface area contributed by atoms with Gasteiger partial charge in [0.1, 0.15) is 5.65 Å². The Hall–Kier alpha value is -2.44. The van der Waals surface area contributed by atoms with Crippen LogP contribution in [-0.2, 0) is 7.05 Å². The van der Waals surface area contributed by atoms with E-state index in [1.165, 1.54) is 37.3 Å². The van der Waals surface area contributed by atoms with E-state index in [1.807, 2.05) is 50.4 Å². The molecule has 0 bridgehead atoms. The van der Waals surface area contributed by atoms with Crippen molar-refractivity contribution in [2.24, 2.45) is 7.05 Å². The van der Waals surface area contributed by atoms with E-state index in [0.717, 1.165) is 35.1 Å². The zero-order valence-corrected chi connectivity index (χ0v) is 18.4. The van der Waals surface area contributed by atoms with Crippen LogP contribution in [0.3, 0.4) is 0 Å². The first-order valence-electron chi connectivity index (χ1n) is 10.6. The molecule has 0 aromatic carbocycles. The molecule has 156 valence electrons. The molecule has 0 atom stereocenters. The van der Waals surface area contributed by atoms with E-state index >= 15 is 0 Å². The third kappa shape index (κ3) is 5.14. The van der Waals surface area contributed by atoms with Crippen molar-refractivity contribution < 1.29 is 0 Å². The van der Waals surface area contributed by atoms with Gasteiger partial charge < -0.3 is 14.8 Å². The number of likely N-dealkylation sites (N-methyl/N-ethyl adjacent to an activating group) is 1. The molecule has 0 amide bonds. The van der Waals surface area contributed by atoms with Gasteiger partial charge >= 0.3 is 0 Å². The summed E-state index contributed by atoms with van der Waals surface area (Å²) in [6.07, 6.45) is 11.3. The van der Waals surface area contributed by atoms with Gasteiger partial charge in [-0.25, -0.2) is 4.98 Å². The number of aryl methyl sites for hydroxylation is 1. The Kier molecular flexibility index (Phi) is 7.23. The van der Waals surface area contributed by atoms with Crippen LogP contribution in [0, 0.1) is 0 Å². The highest BCUT2D eigenvalue weighted by atomic mass is 15.2. The minimum Gasteiger partial charge on any atom is -0.346 e. The average Bonchev–Trinajstić information content (AvgIpc) is 3.36. The third-order valence-corrected chi connectivity index (χ3v) is 5.49. The van der Waals surface area contributed by atoms with Crippen LogP contribution in [0.2, 0.25) is 0 Å². The van der Waals surface area contributed by atoms with Gasteiger partial charge in [0.15, 0.2) is 0 Å². The lowest BCUT2D eigenvalue weighted by molar-refractivity contribution is 0.156. The summed E-state index contributed by atoms with van der Waals surface area (Å²) in [4.78, 5) is 12.8. The molecule has 6 nitrogen and oxygen atoms in total. The first-order valence-corrected chi connectivity index (χ1v) is 10.6. The largest absolute Gasteiger partial charge is 0.346 e. The molecular formula is C23H34N6. The normalized spacial score (nSPS) is 16.1. The minimum absolute atomic E-state index is 0.919. The Balaban J connectivity index is 0.00000117. The lowest BCUT2D eigenvalue weighted by Crippen LogP contribution is -2.44. The third-order valence-electron chi connectivity index (χ3n) is 5.49. The molecule has 0 saturated carbocycles. The lowest BCUT2D eigenvalue weighted by atomic mass is 10.0. The van der Waals surface area contributed by atoms with Crippen LogP contribution in [-0.4, -0.2) is 69.3 Å². The summed E-state index contributed by atoms with van der Waals surface area (Å²) >= 11 is 0. The second-order valence-electron chi connectivity index (χ2n) is 7.55. The second-order valence-corrected chi connectivity index (χ2v) is 7.55. The summed E-state index contributed by atoms with van der Waals surface area (Å²) < 4.78 is 1.83. The SMILES string of the molecule is C/C(=C\CCN1CCN(C)CC1)c1cnc2[nH]cc(-c3cnn(C)c3)c2c1.CC. The summed E-state index contributed by atoms with van der Waals surface area (Å²) in [6.45, 7) is 12.0. The molecule has 3 aromatic heterocycles. The second kappa shape index (κ2) is 9.85. The van der Waals surface area contributed by atoms with Crippen LogP contribution >= 0.6 is 0 Å². The number of pyridine rings is 1. The zero-order chi connectivity index (χ0) is 20.8. The fraction of sp³-hybridized carbons (Fsp3) is 0.478. The number of aromatic amines is 1. The van der Waals surface area contributed by atoms with Gasteiger partial charge in [0.25, 0.3) is 0 Å². The lowest BCUT2D eigenvalue weighted by Gasteiger charge is -2.32. The van der Waals surface area contributed by atoms with E-state index in [0.29, 0.717) is 0 Å². The highest BCUT2D eigenvalue weighted by molar-refractivity contribution is 5.94. The van der Waals surface area contributed by atoms with Crippen LogP contribution in [0.1, 0.15) is 32.8 Å². The first kappa shape index (κ1) is 21.3. The molecule has 1 saturated heterocycles. The number of hydrogen-bond donors (Lipinski definition) is 1. The number of nitrogens with zero attached hydrogens (tertiary/aromatic N) is 5. The molecule has 0 unspecified atom stereocenters. The van der Waals surface area contributed by atoms with Crippen molar-refractivity contribution in [1.82, 2.24) is 29.5 Å². The molecular weight excluding hydrogens is 360 g/mol. The molecule has 1 aliphatic heterocycles. The van der Waals surface area contributed by atoms with Crippen LogP contribution in [0.5, 0.6) is 0 Å². The van der Waals surface area contributed by atoms with Gasteiger partial charge in [-0.15, -0.1) is 0 Å². The van der Waals surface area contributed by atoms with Crippen LogP contribution < -0.4 is 0 Å². The molecule has 0 radical (unpaired) electrons. The Labute approximate surface area is 174 Å². The average molecular weight is 395 g/mol. The van der Waals surface area contributed by atoms with E-state index in [4.69, 9.17) is 0 Å². The summed E-state index contributed by atoms with van der Waals surface area (Å²) in [5, 5.41) is 5.44. The molecule has 0 spiro atoms. The maximum absolute atomic E-state index is 4.62. The Morgan fingerprint density at radius 1 is 1.14 bits per heavy atom. The van der Waals surface area contributed by atoms with Crippen molar-refractivity contribution in [1.29, 1.82) is 0 Å². The fourth-order valence-corrected chi connectivity index (χ4v) is 3.67. The van der Waals surface area contributed by atoms with Crippen molar-refractivity contribution in [3.63, 3.8) is 0 Å². The number of hydrogen-bond acceptors (Lipinski definition) is 4. The fourth-order valence-electron chi connectivity index (χ4n) is 3.67. The maximum atomic E-state index is 4.62. The molecule has 4 heterocycles. The smallest absolute Gasteiger partial charge is 0.137 e. The molecule has 6 heteroatoms. The summed E-state index contributed by atoms with van der Waals surface area (Å²) in [6, 6.07) is 2.24. The Bertz CT molecular complexity index is 943. The Morgan fingerprint density at radius 2 is 1.90 bits per heavy atom. The van der Waals surface area contributed by atoms with Gasteiger partial charge in [0.05, 0.1) is 6.20 Å². The highest BCUT2D eigenvalue weighted by Gasteiger charge is 2.13. The quantitative estimate of drug-likeness (QED) is 0.710. The Morgan fingerprint density at radius 3 is 2.59 bits per heavy atom. The van der Waals surface area contributed by atoms with Gasteiger partial charge in [0.2, 0.25) is 0 Å². The summed E-state index contributed by atoms with van der Waals surface area (Å²) in [5.74, 6) is 0. The summed E-state index contributed by atoms with van der Waals surface area (Å²) in [5.41, 5.74) is 5.66. The van der Waals surface area contributed by atoms with E-state index in [-0.39, 0.29) is 0 Å². The maximum Gasteiger partial charge on any atom is 0.137 e. The molecule has 3 aromatic rings. The van der Waals surface area contributed by atoms with Crippen molar-refractivity contribution in [2.45, 2.75) is 27.2 Å². The van der Waals surface area contributed by atoms with Gasteiger partial charge in [-0.1, -0.05) is 19.9 Å². The minimum atomic E-state index is 0.919. The summed E-state index contributed by atoms with van der Waals surface area (Å²) in [7, 11) is 4.14. The van der Waals surface area contributed by atoms with E-state index in [2.05, 4.69) is 51.0 Å². The number of nitrogens with one attached hydrogen (secondary N) is 1. The van der Waals surface area contributed by atoms with Gasteiger partial charge in [0, 0.05) is 74.9 Å². The molecule has 4 rings (SSSR count). The van der Waals surface area contributed by atoms with Gasteiger partial charge in [-0.3, -0.25) is 4.68 Å². The molecule has 1 fully saturated rings. The number of piperazine rings is 1.